The molecule has 22 aromatic rings. The predicted molar refractivity (Wildman–Crippen MR) is 418 cm³/mol. The molecule has 7 aromatic heterocycles. The van der Waals surface area contributed by atoms with E-state index in [1.807, 2.05) is 36.4 Å². The third kappa shape index (κ3) is 8.57. The standard InChI is InChI=1S/C94H54N4O4/c1-3-19-55(20-4-1)76-54-77(96-94(95-76)56-21-5-2-6-22-56)61-47-62(97-78-43-39-57(64-27-15-35-86-90(64)68-23-7-11-31-82(68)99-86)49-72(78)73-50-58(40-44-79(73)97)65-28-16-36-87-91(65)69-24-8-12-32-83(69)100-87)53-63(48-61)98-80-45-41-59(66-29-17-37-88-92(66)70-25-9-13-33-84(70)101-88)51-74(80)75-52-60(42-46-81(75)98)67-30-18-38-89-93(67)71-26-10-14-34-85(71)102-89/h1-54H. The smallest absolute Gasteiger partial charge is 0.160 e. The second-order valence-electron chi connectivity index (χ2n) is 26.6. The van der Waals surface area contributed by atoms with Gasteiger partial charge in [0.2, 0.25) is 0 Å². The van der Waals surface area contributed by atoms with Crippen LogP contribution in [0.5, 0.6) is 0 Å². The fourth-order valence-corrected chi connectivity index (χ4v) is 16.4. The van der Waals surface area contributed by atoms with Crippen molar-refractivity contribution in [3.63, 3.8) is 0 Å². The van der Waals surface area contributed by atoms with E-state index >= 15 is 0 Å². The van der Waals surface area contributed by atoms with Crippen molar-refractivity contribution in [2.45, 2.75) is 0 Å². The zero-order valence-electron chi connectivity index (χ0n) is 54.6. The van der Waals surface area contributed by atoms with Crippen LogP contribution in [0, 0.1) is 0 Å². The molecule has 0 radical (unpaired) electrons. The highest BCUT2D eigenvalue weighted by Gasteiger charge is 2.25. The van der Waals surface area contributed by atoms with E-state index in [4.69, 9.17) is 27.6 Å². The van der Waals surface area contributed by atoms with Gasteiger partial charge in [0.25, 0.3) is 0 Å². The van der Waals surface area contributed by atoms with Gasteiger partial charge in [-0.2, -0.15) is 0 Å². The topological polar surface area (TPSA) is 88.2 Å². The Morgan fingerprint density at radius 1 is 0.196 bits per heavy atom. The minimum atomic E-state index is 0.634. The van der Waals surface area contributed by atoms with Gasteiger partial charge < -0.3 is 26.8 Å². The molecule has 0 atom stereocenters. The Kier molecular flexibility index (Phi) is 12.0. The van der Waals surface area contributed by atoms with E-state index in [9.17, 15) is 0 Å². The summed E-state index contributed by atoms with van der Waals surface area (Å²) in [6.45, 7) is 0. The molecule has 0 unspecified atom stereocenters. The molecule has 8 nitrogen and oxygen atoms in total. The highest BCUT2D eigenvalue weighted by atomic mass is 16.3. The second-order valence-corrected chi connectivity index (χ2v) is 26.6. The molecule has 0 aliphatic rings. The van der Waals surface area contributed by atoms with Crippen LogP contribution in [0.4, 0.5) is 0 Å². The van der Waals surface area contributed by atoms with Crippen LogP contribution in [0.15, 0.2) is 345 Å². The molecule has 0 saturated carbocycles. The molecule has 102 heavy (non-hydrogen) atoms. The van der Waals surface area contributed by atoms with Gasteiger partial charge in [0.05, 0.1) is 33.5 Å². The Bertz CT molecular complexity index is 6500. The van der Waals surface area contributed by atoms with Gasteiger partial charge in [-0.1, -0.05) is 206 Å². The molecule has 7 heterocycles. The SMILES string of the molecule is c1ccc(-c2cc(-c3cc(-n4c5ccc(-c6cccc7oc8ccccc8c67)cc5c5cc(-c6cccc7oc8ccccc8c67)ccc54)cc(-n4c5ccc(-c6cccc7oc8ccccc8c67)cc5c5cc(-c6cccc7oc8ccccc8c67)ccc54)c3)nc(-c3ccccc3)n2)cc1. The van der Waals surface area contributed by atoms with E-state index in [-0.39, 0.29) is 0 Å². The minimum absolute atomic E-state index is 0.634. The summed E-state index contributed by atoms with van der Waals surface area (Å²) in [5, 5.41) is 13.1. The van der Waals surface area contributed by atoms with E-state index in [1.165, 1.54) is 0 Å². The second kappa shape index (κ2) is 21.8. The summed E-state index contributed by atoms with van der Waals surface area (Å²) in [5.74, 6) is 0.634. The third-order valence-corrected chi connectivity index (χ3v) is 20.9. The van der Waals surface area contributed by atoms with Crippen LogP contribution in [0.1, 0.15) is 0 Å². The molecule has 15 aromatic carbocycles. The zero-order chi connectivity index (χ0) is 66.7. The summed E-state index contributed by atoms with van der Waals surface area (Å²) >= 11 is 0. The molecule has 0 bridgehead atoms. The summed E-state index contributed by atoms with van der Waals surface area (Å²) in [4.78, 5) is 10.9. The molecular weight excluding hydrogens is 1250 g/mol. The van der Waals surface area contributed by atoms with Gasteiger partial charge in [0, 0.05) is 92.7 Å². The fraction of sp³-hybridized carbons (Fsp3) is 0. The molecular formula is C94H54N4O4. The monoisotopic (exact) mass is 1300 g/mol. The van der Waals surface area contributed by atoms with Crippen LogP contribution < -0.4 is 0 Å². The lowest BCUT2D eigenvalue weighted by Gasteiger charge is -2.17. The van der Waals surface area contributed by atoms with E-state index < -0.39 is 0 Å². The van der Waals surface area contributed by atoms with Crippen LogP contribution in [0.2, 0.25) is 0 Å². The van der Waals surface area contributed by atoms with Crippen molar-refractivity contribution in [2.24, 2.45) is 0 Å². The molecule has 0 fully saturated rings. The van der Waals surface area contributed by atoms with Gasteiger partial charge in [-0.05, 0) is 166 Å². The Hall–Kier alpha value is -13.8. The molecule has 8 heteroatoms. The normalized spacial score (nSPS) is 12.1. The van der Waals surface area contributed by atoms with Crippen molar-refractivity contribution in [3.05, 3.63) is 328 Å². The summed E-state index contributed by atoms with van der Waals surface area (Å²) in [5.41, 5.74) is 26.1. The van der Waals surface area contributed by atoms with Crippen molar-refractivity contribution < 1.29 is 17.7 Å². The molecule has 22 rings (SSSR count). The number of aromatic nitrogens is 4. The van der Waals surface area contributed by atoms with Crippen LogP contribution in [-0.2, 0) is 0 Å². The van der Waals surface area contributed by atoms with Crippen molar-refractivity contribution >= 4 is 131 Å². The molecule has 0 spiro atoms. The first-order chi connectivity index (χ1) is 50.5. The van der Waals surface area contributed by atoms with Crippen molar-refractivity contribution in [3.8, 4) is 89.8 Å². The highest BCUT2D eigenvalue weighted by molar-refractivity contribution is 6.20. The van der Waals surface area contributed by atoms with Crippen LogP contribution in [-0.4, -0.2) is 19.1 Å². The number of para-hydroxylation sites is 4. The van der Waals surface area contributed by atoms with Crippen LogP contribution >= 0.6 is 0 Å². The summed E-state index contributed by atoms with van der Waals surface area (Å²) in [6, 6.07) is 117. The number of rotatable bonds is 9. The highest BCUT2D eigenvalue weighted by Crippen LogP contribution is 2.48. The molecule has 474 valence electrons. The average Bonchev–Trinajstić information content (AvgIpc) is 1.57. The molecule has 0 saturated heterocycles. The van der Waals surface area contributed by atoms with Gasteiger partial charge >= 0.3 is 0 Å². The summed E-state index contributed by atoms with van der Waals surface area (Å²) < 4.78 is 31.1. The lowest BCUT2D eigenvalue weighted by molar-refractivity contribution is 0.668. The summed E-state index contributed by atoms with van der Waals surface area (Å²) in [6.07, 6.45) is 0. The number of benzene rings is 15. The molecule has 0 N–H and O–H groups in total. The number of nitrogens with zero attached hydrogens (tertiary/aromatic N) is 4. The maximum atomic E-state index is 6.54. The predicted octanol–water partition coefficient (Wildman–Crippen LogP) is 25.9. The summed E-state index contributed by atoms with van der Waals surface area (Å²) in [7, 11) is 0. The number of furan rings is 4. The molecule has 0 aliphatic heterocycles. The van der Waals surface area contributed by atoms with Gasteiger partial charge in [-0.3, -0.25) is 0 Å². The van der Waals surface area contributed by atoms with Gasteiger partial charge in [-0.25, -0.2) is 9.97 Å². The fourth-order valence-electron chi connectivity index (χ4n) is 16.4. The van der Waals surface area contributed by atoms with Crippen molar-refractivity contribution in [1.29, 1.82) is 0 Å². The lowest BCUT2D eigenvalue weighted by Crippen LogP contribution is -2.02. The maximum Gasteiger partial charge on any atom is 0.160 e. The van der Waals surface area contributed by atoms with Crippen molar-refractivity contribution in [1.82, 2.24) is 19.1 Å². The minimum Gasteiger partial charge on any atom is -0.456 e. The van der Waals surface area contributed by atoms with Crippen molar-refractivity contribution in [2.75, 3.05) is 0 Å². The maximum absolute atomic E-state index is 6.54. The molecule has 0 amide bonds. The zero-order valence-corrected chi connectivity index (χ0v) is 54.6. The van der Waals surface area contributed by atoms with Crippen LogP contribution in [0.3, 0.4) is 0 Å². The first-order valence-corrected chi connectivity index (χ1v) is 34.5. The average molecular weight is 1300 g/mol. The Labute approximate surface area is 582 Å². The number of hydrogen-bond acceptors (Lipinski definition) is 6. The quantitative estimate of drug-likeness (QED) is 0.143. The van der Waals surface area contributed by atoms with Crippen LogP contribution in [0.25, 0.3) is 221 Å². The van der Waals surface area contributed by atoms with E-state index in [0.717, 1.165) is 215 Å². The van der Waals surface area contributed by atoms with Gasteiger partial charge in [0.15, 0.2) is 5.82 Å². The molecule has 0 aliphatic carbocycles. The Morgan fingerprint density at radius 2 is 0.490 bits per heavy atom. The Morgan fingerprint density at radius 3 is 0.833 bits per heavy atom. The number of hydrogen-bond donors (Lipinski definition) is 0. The van der Waals surface area contributed by atoms with E-state index in [2.05, 4.69) is 300 Å². The Balaban J connectivity index is 0.836. The first-order valence-electron chi connectivity index (χ1n) is 34.5. The van der Waals surface area contributed by atoms with Gasteiger partial charge in [-0.15, -0.1) is 0 Å². The lowest BCUT2D eigenvalue weighted by atomic mass is 9.96. The number of fused-ring (bicyclic) bond motifs is 18. The van der Waals surface area contributed by atoms with E-state index in [0.29, 0.717) is 5.82 Å². The third-order valence-electron chi connectivity index (χ3n) is 20.9. The van der Waals surface area contributed by atoms with Gasteiger partial charge in [0.1, 0.15) is 44.7 Å². The largest absolute Gasteiger partial charge is 0.456 e. The first kappa shape index (κ1) is 56.2. The van der Waals surface area contributed by atoms with E-state index in [1.54, 1.807) is 0 Å².